The van der Waals surface area contributed by atoms with Gasteiger partial charge in [0.25, 0.3) is 0 Å². The van der Waals surface area contributed by atoms with E-state index in [0.29, 0.717) is 17.9 Å². The third kappa shape index (κ3) is 2.96. The molecule has 15 heavy (non-hydrogen) atoms. The molecule has 0 aliphatic heterocycles. The first kappa shape index (κ1) is 12.5. The van der Waals surface area contributed by atoms with Crippen LogP contribution in [0.3, 0.4) is 0 Å². The first-order valence-corrected chi connectivity index (χ1v) is 7.68. The molecule has 0 aliphatic rings. The average molecular weight is 245 g/mol. The topological polar surface area (TPSA) is 60.2 Å². The number of thioether (sulfide) groups is 1. The summed E-state index contributed by atoms with van der Waals surface area (Å²) in [7, 11) is -3.15. The molecular formula is C10H15NO2S2. The van der Waals surface area contributed by atoms with Crippen LogP contribution in [-0.2, 0) is 16.3 Å². The van der Waals surface area contributed by atoms with Crippen molar-refractivity contribution in [3.8, 4) is 0 Å². The summed E-state index contributed by atoms with van der Waals surface area (Å²) in [6, 6.07) is 5.33. The molecule has 0 atom stereocenters. The van der Waals surface area contributed by atoms with Gasteiger partial charge in [-0.05, 0) is 30.9 Å². The van der Waals surface area contributed by atoms with E-state index < -0.39 is 9.84 Å². The second-order valence-corrected chi connectivity index (χ2v) is 6.06. The van der Waals surface area contributed by atoms with E-state index in [1.165, 1.54) is 18.0 Å². The maximum Gasteiger partial charge on any atom is 0.176 e. The summed E-state index contributed by atoms with van der Waals surface area (Å²) in [6.07, 6.45) is 3.82. The van der Waals surface area contributed by atoms with Gasteiger partial charge in [-0.3, -0.25) is 0 Å². The lowest BCUT2D eigenvalue weighted by molar-refractivity contribution is 0.599. The number of rotatable bonds is 4. The molecule has 1 rings (SSSR count). The lowest BCUT2D eigenvalue weighted by Crippen LogP contribution is -2.07. The van der Waals surface area contributed by atoms with Crippen molar-refractivity contribution in [2.24, 2.45) is 5.73 Å². The summed E-state index contributed by atoms with van der Waals surface area (Å²) in [5.74, 6) is 0. The third-order valence-electron chi connectivity index (χ3n) is 2.08. The van der Waals surface area contributed by atoms with Gasteiger partial charge in [-0.1, -0.05) is 12.1 Å². The molecule has 0 unspecified atom stereocenters. The molecule has 0 aliphatic carbocycles. The molecule has 1 aromatic rings. The first-order chi connectivity index (χ1) is 7.00. The lowest BCUT2D eigenvalue weighted by atomic mass is 10.1. The molecule has 2 N–H and O–H groups in total. The lowest BCUT2D eigenvalue weighted by Gasteiger charge is -2.10. The van der Waals surface area contributed by atoms with Crippen LogP contribution in [0.25, 0.3) is 0 Å². The summed E-state index contributed by atoms with van der Waals surface area (Å²) in [5.41, 5.74) is 6.49. The number of sulfone groups is 1. The molecule has 0 heterocycles. The maximum absolute atomic E-state index is 11.5. The number of benzene rings is 1. The van der Waals surface area contributed by atoms with Crippen LogP contribution in [0, 0.1) is 0 Å². The minimum atomic E-state index is -3.15. The fourth-order valence-electron chi connectivity index (χ4n) is 1.44. The molecule has 84 valence electrons. The molecule has 0 bridgehead atoms. The Labute approximate surface area is 95.0 Å². The van der Waals surface area contributed by atoms with E-state index in [4.69, 9.17) is 5.73 Å². The van der Waals surface area contributed by atoms with Gasteiger partial charge in [0.15, 0.2) is 9.84 Å². The Hall–Kier alpha value is -0.520. The van der Waals surface area contributed by atoms with E-state index in [2.05, 4.69) is 0 Å². The molecule has 3 nitrogen and oxygen atoms in total. The van der Waals surface area contributed by atoms with Crippen molar-refractivity contribution in [3.05, 3.63) is 23.8 Å². The zero-order valence-corrected chi connectivity index (χ0v) is 10.5. The normalized spacial score (nSPS) is 11.7. The Morgan fingerprint density at radius 1 is 1.40 bits per heavy atom. The summed E-state index contributed by atoms with van der Waals surface area (Å²) in [6.45, 7) is 0.529. The van der Waals surface area contributed by atoms with Crippen molar-refractivity contribution in [1.82, 2.24) is 0 Å². The molecule has 5 heteroatoms. The van der Waals surface area contributed by atoms with Gasteiger partial charge in [-0.2, -0.15) is 0 Å². The molecule has 1 aromatic carbocycles. The Morgan fingerprint density at radius 3 is 2.53 bits per heavy atom. The summed E-state index contributed by atoms with van der Waals surface area (Å²) < 4.78 is 23.0. The van der Waals surface area contributed by atoms with Crippen molar-refractivity contribution in [2.45, 2.75) is 16.2 Å². The second kappa shape index (κ2) is 5.01. The van der Waals surface area contributed by atoms with Gasteiger partial charge in [-0.15, -0.1) is 11.8 Å². The van der Waals surface area contributed by atoms with E-state index in [1.54, 1.807) is 12.1 Å². The summed E-state index contributed by atoms with van der Waals surface area (Å²) >= 11 is 1.45. The average Bonchev–Trinajstić information content (AvgIpc) is 2.16. The minimum Gasteiger partial charge on any atom is -0.330 e. The van der Waals surface area contributed by atoms with Crippen molar-refractivity contribution in [3.63, 3.8) is 0 Å². The highest BCUT2D eigenvalue weighted by molar-refractivity contribution is 7.99. The minimum absolute atomic E-state index is 0.404. The quantitative estimate of drug-likeness (QED) is 0.813. The van der Waals surface area contributed by atoms with Gasteiger partial charge in [0, 0.05) is 11.2 Å². The monoisotopic (exact) mass is 245 g/mol. The van der Waals surface area contributed by atoms with Crippen LogP contribution in [-0.4, -0.2) is 27.5 Å². The molecule has 0 aromatic heterocycles. The fraction of sp³-hybridized carbons (Fsp3) is 0.400. The highest BCUT2D eigenvalue weighted by atomic mass is 32.2. The van der Waals surface area contributed by atoms with Crippen LogP contribution in [0.2, 0.25) is 0 Å². The molecular weight excluding hydrogens is 230 g/mol. The van der Waals surface area contributed by atoms with E-state index in [0.717, 1.165) is 10.5 Å². The second-order valence-electron chi connectivity index (χ2n) is 3.26. The van der Waals surface area contributed by atoms with Crippen molar-refractivity contribution < 1.29 is 8.42 Å². The Morgan fingerprint density at radius 2 is 2.07 bits per heavy atom. The standard InChI is InChI=1S/C10H15NO2S2/c1-14-10-8(6-7-11)4-3-5-9(10)15(2,12)13/h3-5H,6-7,11H2,1-2H3. The highest BCUT2D eigenvalue weighted by Gasteiger charge is 2.15. The smallest absolute Gasteiger partial charge is 0.176 e. The van der Waals surface area contributed by atoms with Gasteiger partial charge in [0.05, 0.1) is 4.90 Å². The number of hydrogen-bond donors (Lipinski definition) is 1. The first-order valence-electron chi connectivity index (χ1n) is 4.56. The number of hydrogen-bond acceptors (Lipinski definition) is 4. The van der Waals surface area contributed by atoms with Crippen molar-refractivity contribution >= 4 is 21.6 Å². The van der Waals surface area contributed by atoms with Crippen molar-refractivity contribution in [2.75, 3.05) is 19.1 Å². The summed E-state index contributed by atoms with van der Waals surface area (Å²) in [4.78, 5) is 1.23. The van der Waals surface area contributed by atoms with Crippen LogP contribution in [0.5, 0.6) is 0 Å². The third-order valence-corrected chi connectivity index (χ3v) is 4.24. The van der Waals surface area contributed by atoms with Gasteiger partial charge >= 0.3 is 0 Å². The van der Waals surface area contributed by atoms with Gasteiger partial charge < -0.3 is 5.73 Å². The van der Waals surface area contributed by atoms with Crippen LogP contribution in [0.4, 0.5) is 0 Å². The molecule has 0 amide bonds. The number of nitrogens with two attached hydrogens (primary N) is 1. The Bertz CT molecular complexity index is 441. The zero-order chi connectivity index (χ0) is 11.5. The fourth-order valence-corrected chi connectivity index (χ4v) is 3.64. The Balaban J connectivity index is 3.35. The van der Waals surface area contributed by atoms with Crippen LogP contribution in [0.1, 0.15) is 5.56 Å². The van der Waals surface area contributed by atoms with Crippen LogP contribution >= 0.6 is 11.8 Å². The SMILES string of the molecule is CSc1c(CCN)cccc1S(C)(=O)=O. The van der Waals surface area contributed by atoms with E-state index in [-0.39, 0.29) is 0 Å². The molecule has 0 radical (unpaired) electrons. The van der Waals surface area contributed by atoms with Crippen LogP contribution in [0.15, 0.2) is 28.0 Å². The molecule has 0 fully saturated rings. The summed E-state index contributed by atoms with van der Waals surface area (Å²) in [5, 5.41) is 0. The molecule has 0 spiro atoms. The molecule has 0 saturated carbocycles. The Kier molecular flexibility index (Phi) is 4.19. The predicted octanol–water partition coefficient (Wildman–Crippen LogP) is 1.31. The molecule has 0 saturated heterocycles. The zero-order valence-electron chi connectivity index (χ0n) is 8.86. The van der Waals surface area contributed by atoms with Crippen molar-refractivity contribution in [1.29, 1.82) is 0 Å². The van der Waals surface area contributed by atoms with E-state index in [1.807, 2.05) is 12.3 Å². The largest absolute Gasteiger partial charge is 0.330 e. The van der Waals surface area contributed by atoms with E-state index >= 15 is 0 Å². The van der Waals surface area contributed by atoms with Gasteiger partial charge in [0.2, 0.25) is 0 Å². The predicted molar refractivity (Wildman–Crippen MR) is 64.1 cm³/mol. The van der Waals surface area contributed by atoms with E-state index in [9.17, 15) is 8.42 Å². The van der Waals surface area contributed by atoms with Gasteiger partial charge in [0.1, 0.15) is 0 Å². The van der Waals surface area contributed by atoms with Crippen LogP contribution < -0.4 is 5.73 Å². The highest BCUT2D eigenvalue weighted by Crippen LogP contribution is 2.28. The van der Waals surface area contributed by atoms with Gasteiger partial charge in [-0.25, -0.2) is 8.42 Å². The maximum atomic E-state index is 11.5.